The van der Waals surface area contributed by atoms with Gasteiger partial charge in [0.2, 0.25) is 0 Å². The lowest BCUT2D eigenvalue weighted by atomic mass is 9.72. The molecule has 2 aromatic heterocycles. The van der Waals surface area contributed by atoms with E-state index >= 15 is 0 Å². The lowest BCUT2D eigenvalue weighted by Crippen LogP contribution is -2.41. The summed E-state index contributed by atoms with van der Waals surface area (Å²) >= 11 is 1.53. The number of rotatable bonds is 2. The van der Waals surface area contributed by atoms with E-state index in [1.807, 2.05) is 6.07 Å². The van der Waals surface area contributed by atoms with Gasteiger partial charge in [0, 0.05) is 17.3 Å². The lowest BCUT2D eigenvalue weighted by molar-refractivity contribution is 0.0848. The number of carbonyl (C=O) groups excluding carboxylic acids is 2. The zero-order valence-corrected chi connectivity index (χ0v) is 15.6. The van der Waals surface area contributed by atoms with E-state index in [2.05, 4.69) is 36.6 Å². The molecule has 0 unspecified atom stereocenters. The van der Waals surface area contributed by atoms with Gasteiger partial charge in [-0.2, -0.15) is 0 Å². The van der Waals surface area contributed by atoms with Crippen molar-refractivity contribution in [3.63, 3.8) is 0 Å². The van der Waals surface area contributed by atoms with Gasteiger partial charge in [-0.3, -0.25) is 25.4 Å². The second kappa shape index (κ2) is 6.96. The van der Waals surface area contributed by atoms with Crippen molar-refractivity contribution in [3.8, 4) is 0 Å². The third-order valence-corrected chi connectivity index (χ3v) is 5.98. The number of thiophene rings is 1. The number of nitrogens with one attached hydrogen (secondary N) is 2. The first kappa shape index (κ1) is 17.6. The van der Waals surface area contributed by atoms with Gasteiger partial charge in [0.15, 0.2) is 0 Å². The second-order valence-electron chi connectivity index (χ2n) is 7.51. The Morgan fingerprint density at radius 1 is 1.24 bits per heavy atom. The highest BCUT2D eigenvalue weighted by Crippen LogP contribution is 2.40. The van der Waals surface area contributed by atoms with Gasteiger partial charge in [-0.1, -0.05) is 20.8 Å². The van der Waals surface area contributed by atoms with E-state index in [-0.39, 0.29) is 17.2 Å². The summed E-state index contributed by atoms with van der Waals surface area (Å²) < 4.78 is 0. The van der Waals surface area contributed by atoms with E-state index in [4.69, 9.17) is 0 Å². The largest absolute Gasteiger partial charge is 0.279 e. The van der Waals surface area contributed by atoms with E-state index < -0.39 is 0 Å². The number of hydrogen-bond acceptors (Lipinski definition) is 4. The fourth-order valence-corrected chi connectivity index (χ4v) is 4.22. The van der Waals surface area contributed by atoms with Crippen LogP contribution in [0.2, 0.25) is 0 Å². The molecule has 0 spiro atoms. The van der Waals surface area contributed by atoms with Gasteiger partial charge < -0.3 is 0 Å². The van der Waals surface area contributed by atoms with Gasteiger partial charge in [-0.05, 0) is 54.4 Å². The van der Waals surface area contributed by atoms with Crippen LogP contribution in [0.5, 0.6) is 0 Å². The molecule has 1 aliphatic rings. The van der Waals surface area contributed by atoms with E-state index in [1.54, 1.807) is 18.3 Å². The monoisotopic (exact) mass is 357 g/mol. The standard InChI is InChI=1S/C19H23N3O2S/c1-19(2,3)14-6-7-15-13(9-14)10-16(25-15)18(24)22-21-17(23)12-5-4-8-20-11-12/h4-5,8,10-11,14H,6-7,9H2,1-3H3,(H,21,23)(H,22,24)/t14-/m0/s1. The van der Waals surface area contributed by atoms with Crippen molar-refractivity contribution in [2.24, 2.45) is 11.3 Å². The number of carbonyl (C=O) groups is 2. The van der Waals surface area contributed by atoms with Gasteiger partial charge in [-0.25, -0.2) is 0 Å². The summed E-state index contributed by atoms with van der Waals surface area (Å²) in [6, 6.07) is 5.30. The minimum Gasteiger partial charge on any atom is -0.267 e. The second-order valence-corrected chi connectivity index (χ2v) is 8.65. The summed E-state index contributed by atoms with van der Waals surface area (Å²) in [6.07, 6.45) is 6.26. The lowest BCUT2D eigenvalue weighted by Gasteiger charge is -2.33. The molecule has 0 fully saturated rings. The maximum atomic E-state index is 12.3. The topological polar surface area (TPSA) is 71.1 Å². The molecule has 0 saturated carbocycles. The SMILES string of the molecule is CC(C)(C)[C@H]1CCc2sc(C(=O)NNC(=O)c3cccnc3)cc2C1. The molecule has 1 aliphatic carbocycles. The minimum absolute atomic E-state index is 0.274. The molecule has 3 rings (SSSR count). The number of amides is 2. The molecule has 132 valence electrons. The Balaban J connectivity index is 1.63. The molecule has 2 aromatic rings. The van der Waals surface area contributed by atoms with Crippen LogP contribution in [-0.4, -0.2) is 16.8 Å². The Morgan fingerprint density at radius 3 is 2.68 bits per heavy atom. The van der Waals surface area contributed by atoms with Gasteiger partial charge in [0.1, 0.15) is 0 Å². The average molecular weight is 357 g/mol. The highest BCUT2D eigenvalue weighted by atomic mass is 32.1. The molecule has 1 atom stereocenters. The quantitative estimate of drug-likeness (QED) is 0.810. The molecule has 2 amide bonds. The number of pyridine rings is 1. The van der Waals surface area contributed by atoms with Gasteiger partial charge >= 0.3 is 0 Å². The van der Waals surface area contributed by atoms with Crippen molar-refractivity contribution in [1.29, 1.82) is 0 Å². The predicted molar refractivity (Wildman–Crippen MR) is 98.5 cm³/mol. The van der Waals surface area contributed by atoms with E-state index in [1.165, 1.54) is 28.0 Å². The number of hydrazine groups is 1. The van der Waals surface area contributed by atoms with E-state index in [0.29, 0.717) is 16.4 Å². The Kier molecular flexibility index (Phi) is 4.90. The van der Waals surface area contributed by atoms with Crippen molar-refractivity contribution in [3.05, 3.63) is 51.5 Å². The number of nitrogens with zero attached hydrogens (tertiary/aromatic N) is 1. The van der Waals surface area contributed by atoms with Crippen LogP contribution in [-0.2, 0) is 12.8 Å². The highest BCUT2D eigenvalue weighted by molar-refractivity contribution is 7.14. The summed E-state index contributed by atoms with van der Waals surface area (Å²) in [7, 11) is 0. The molecule has 0 saturated heterocycles. The number of hydrogen-bond donors (Lipinski definition) is 2. The summed E-state index contributed by atoms with van der Waals surface area (Å²) in [5.74, 6) is -0.0182. The average Bonchev–Trinajstić information content (AvgIpc) is 3.02. The fourth-order valence-electron chi connectivity index (χ4n) is 3.12. The minimum atomic E-state index is -0.379. The molecule has 6 heteroatoms. The highest BCUT2D eigenvalue weighted by Gasteiger charge is 2.30. The smallest absolute Gasteiger partial charge is 0.267 e. The summed E-state index contributed by atoms with van der Waals surface area (Å²) in [5, 5.41) is 0. The molecular weight excluding hydrogens is 334 g/mol. The molecule has 5 nitrogen and oxygen atoms in total. The Hall–Kier alpha value is -2.21. The number of fused-ring (bicyclic) bond motifs is 1. The van der Waals surface area contributed by atoms with Crippen molar-refractivity contribution in [2.75, 3.05) is 0 Å². The van der Waals surface area contributed by atoms with Crippen LogP contribution in [0, 0.1) is 11.3 Å². The van der Waals surface area contributed by atoms with Crippen LogP contribution < -0.4 is 10.9 Å². The van der Waals surface area contributed by atoms with Crippen LogP contribution in [0.15, 0.2) is 30.6 Å². The van der Waals surface area contributed by atoms with Crippen LogP contribution in [0.1, 0.15) is 57.7 Å². The van der Waals surface area contributed by atoms with Gasteiger partial charge in [-0.15, -0.1) is 11.3 Å². The van der Waals surface area contributed by atoms with Crippen LogP contribution in [0.25, 0.3) is 0 Å². The first-order valence-corrected chi connectivity index (χ1v) is 9.28. The zero-order chi connectivity index (χ0) is 18.0. The molecular formula is C19H23N3O2S. The van der Waals surface area contributed by atoms with E-state index in [9.17, 15) is 9.59 Å². The summed E-state index contributed by atoms with van der Waals surface area (Å²) in [5.41, 5.74) is 6.89. The molecule has 2 N–H and O–H groups in total. The van der Waals surface area contributed by atoms with Crippen LogP contribution in [0.4, 0.5) is 0 Å². The Bertz CT molecular complexity index is 778. The number of aryl methyl sites for hydroxylation is 1. The van der Waals surface area contributed by atoms with Crippen LogP contribution in [0.3, 0.4) is 0 Å². The zero-order valence-electron chi connectivity index (χ0n) is 14.8. The molecule has 25 heavy (non-hydrogen) atoms. The first-order chi connectivity index (χ1) is 11.8. The Labute approximate surface area is 151 Å². The summed E-state index contributed by atoms with van der Waals surface area (Å²) in [4.78, 5) is 30.1. The summed E-state index contributed by atoms with van der Waals surface area (Å²) in [6.45, 7) is 6.82. The Morgan fingerprint density at radius 2 is 2.00 bits per heavy atom. The maximum absolute atomic E-state index is 12.3. The predicted octanol–water partition coefficient (Wildman–Crippen LogP) is 3.37. The maximum Gasteiger partial charge on any atom is 0.279 e. The third-order valence-electron chi connectivity index (χ3n) is 4.74. The van der Waals surface area contributed by atoms with Crippen LogP contribution >= 0.6 is 11.3 Å². The molecule has 0 aromatic carbocycles. The molecule has 2 heterocycles. The van der Waals surface area contributed by atoms with Crippen molar-refractivity contribution in [2.45, 2.75) is 40.0 Å². The normalized spacial score (nSPS) is 16.8. The van der Waals surface area contributed by atoms with Crippen molar-refractivity contribution in [1.82, 2.24) is 15.8 Å². The fraction of sp³-hybridized carbons (Fsp3) is 0.421. The first-order valence-electron chi connectivity index (χ1n) is 8.47. The molecule has 0 aliphatic heterocycles. The van der Waals surface area contributed by atoms with Crippen molar-refractivity contribution < 1.29 is 9.59 Å². The number of aromatic nitrogens is 1. The third kappa shape index (κ3) is 4.07. The molecule has 0 radical (unpaired) electrons. The van der Waals surface area contributed by atoms with Gasteiger partial charge in [0.05, 0.1) is 10.4 Å². The van der Waals surface area contributed by atoms with E-state index in [0.717, 1.165) is 19.3 Å². The van der Waals surface area contributed by atoms with Gasteiger partial charge in [0.25, 0.3) is 11.8 Å². The molecule has 0 bridgehead atoms. The van der Waals surface area contributed by atoms with Crippen molar-refractivity contribution >= 4 is 23.2 Å².